The van der Waals surface area contributed by atoms with E-state index in [9.17, 15) is 24.3 Å². The summed E-state index contributed by atoms with van der Waals surface area (Å²) in [6.07, 6.45) is 3.69. The van der Waals surface area contributed by atoms with E-state index in [1.165, 1.54) is 20.3 Å². The van der Waals surface area contributed by atoms with Crippen LogP contribution < -0.4 is 21.1 Å². The van der Waals surface area contributed by atoms with E-state index < -0.39 is 53.9 Å². The number of allylic oxidation sites excluding steroid dienone is 4. The van der Waals surface area contributed by atoms with E-state index in [1.54, 1.807) is 58.2 Å². The highest BCUT2D eigenvalue weighted by atomic mass is 16.6. The third kappa shape index (κ3) is 9.99. The second-order valence-corrected chi connectivity index (χ2v) is 12.1. The number of benzene rings is 1. The van der Waals surface area contributed by atoms with Gasteiger partial charge < -0.3 is 40.4 Å². The van der Waals surface area contributed by atoms with E-state index in [0.29, 0.717) is 17.7 Å². The molecule has 1 aliphatic carbocycles. The topological polar surface area (TPSA) is 176 Å². The summed E-state index contributed by atoms with van der Waals surface area (Å²) in [6, 6.07) is 7.31. The van der Waals surface area contributed by atoms with Crippen LogP contribution in [0.5, 0.6) is 5.75 Å². The molecule has 0 saturated heterocycles. The van der Waals surface area contributed by atoms with Gasteiger partial charge in [0.25, 0.3) is 5.91 Å². The summed E-state index contributed by atoms with van der Waals surface area (Å²) in [7, 11) is 4.50. The average molecular weight is 666 g/mol. The highest BCUT2D eigenvalue weighted by molar-refractivity contribution is 6.23. The van der Waals surface area contributed by atoms with Gasteiger partial charge in [-0.3, -0.25) is 14.4 Å². The number of amides is 2. The van der Waals surface area contributed by atoms with Crippen molar-refractivity contribution in [2.24, 2.45) is 17.6 Å². The van der Waals surface area contributed by atoms with Crippen molar-refractivity contribution < 1.29 is 43.2 Å². The van der Waals surface area contributed by atoms with Crippen molar-refractivity contribution in [3.8, 4) is 5.75 Å². The number of carbonyl (C=O) groups excluding carboxylic acids is 4. The Morgan fingerprint density at radius 3 is 2.35 bits per heavy atom. The number of nitrogens with two attached hydrogens (primary N) is 1. The van der Waals surface area contributed by atoms with Gasteiger partial charge in [-0.15, -0.1) is 0 Å². The normalized spacial score (nSPS) is 29.1. The van der Waals surface area contributed by atoms with Crippen LogP contribution in [0.1, 0.15) is 46.1 Å². The zero-order valence-electron chi connectivity index (χ0n) is 28.6. The molecule has 48 heavy (non-hydrogen) atoms. The first-order valence-corrected chi connectivity index (χ1v) is 15.7. The number of carbonyl (C=O) groups is 4. The Hall–Kier alpha value is -4.52. The van der Waals surface area contributed by atoms with E-state index in [2.05, 4.69) is 10.6 Å². The molecule has 3 rings (SSSR count). The number of hydrogen-bond acceptors (Lipinski definition) is 10. The van der Waals surface area contributed by atoms with Gasteiger partial charge >= 0.3 is 6.09 Å². The van der Waals surface area contributed by atoms with Crippen molar-refractivity contribution in [2.45, 2.75) is 71.5 Å². The summed E-state index contributed by atoms with van der Waals surface area (Å²) in [6.45, 7) is 7.26. The predicted molar refractivity (Wildman–Crippen MR) is 179 cm³/mol. The number of aliphatic hydroxyl groups is 1. The van der Waals surface area contributed by atoms with E-state index in [-0.39, 0.29) is 41.4 Å². The summed E-state index contributed by atoms with van der Waals surface area (Å²) in [5, 5.41) is 17.1. The third-order valence-corrected chi connectivity index (χ3v) is 8.42. The van der Waals surface area contributed by atoms with Crippen LogP contribution in [-0.4, -0.2) is 74.4 Å². The van der Waals surface area contributed by atoms with Crippen molar-refractivity contribution in [1.29, 1.82) is 0 Å². The van der Waals surface area contributed by atoms with Crippen molar-refractivity contribution in [1.82, 2.24) is 10.6 Å². The lowest BCUT2D eigenvalue weighted by molar-refractivity contribution is -0.120. The van der Waals surface area contributed by atoms with E-state index >= 15 is 0 Å². The Kier molecular flexibility index (Phi) is 13.9. The Morgan fingerprint density at radius 2 is 1.75 bits per heavy atom. The number of Topliss-reactive ketones (excluding diaryl/α,β-unsaturated/α-hetero) is 1. The molecule has 2 amide bonds. The van der Waals surface area contributed by atoms with Crippen molar-refractivity contribution in [3.63, 3.8) is 0 Å². The fraction of sp³-hybridized carbons (Fsp3) is 0.444. The molecule has 1 aromatic rings. The number of nitrogens with one attached hydrogen (secondary N) is 2. The molecule has 2 bridgehead atoms. The predicted octanol–water partition coefficient (Wildman–Crippen LogP) is 3.56. The fourth-order valence-electron chi connectivity index (χ4n) is 5.71. The summed E-state index contributed by atoms with van der Waals surface area (Å²) >= 11 is 0. The van der Waals surface area contributed by atoms with Crippen molar-refractivity contribution in [3.05, 3.63) is 88.3 Å². The van der Waals surface area contributed by atoms with Gasteiger partial charge in [0.05, 0.1) is 30.7 Å². The summed E-state index contributed by atoms with van der Waals surface area (Å²) in [5.74, 6) is -1.53. The van der Waals surface area contributed by atoms with Crippen LogP contribution in [0.4, 0.5) is 4.79 Å². The zero-order valence-corrected chi connectivity index (χ0v) is 28.6. The smallest absolute Gasteiger partial charge is 0.405 e. The Balaban J connectivity index is 2.05. The van der Waals surface area contributed by atoms with E-state index in [0.717, 1.165) is 11.6 Å². The minimum atomic E-state index is -1.00. The number of primary amides is 1. The number of rotatable bonds is 7. The van der Waals surface area contributed by atoms with Gasteiger partial charge in [0.2, 0.25) is 11.6 Å². The molecule has 1 aromatic carbocycles. The van der Waals surface area contributed by atoms with Crippen LogP contribution in [0.15, 0.2) is 82.8 Å². The van der Waals surface area contributed by atoms with Crippen LogP contribution in [0.3, 0.4) is 0 Å². The molecular formula is C36H47N3O9. The highest BCUT2D eigenvalue weighted by Crippen LogP contribution is 2.29. The molecule has 0 saturated carbocycles. The largest absolute Gasteiger partial charge is 0.497 e. The zero-order chi connectivity index (χ0) is 35.5. The molecular weight excluding hydrogens is 618 g/mol. The Labute approximate surface area is 281 Å². The summed E-state index contributed by atoms with van der Waals surface area (Å²) in [4.78, 5) is 52.3. The first-order valence-electron chi connectivity index (χ1n) is 15.7. The maximum absolute atomic E-state index is 13.9. The van der Waals surface area contributed by atoms with Crippen LogP contribution in [0, 0.1) is 11.8 Å². The lowest BCUT2D eigenvalue weighted by Crippen LogP contribution is -2.37. The monoisotopic (exact) mass is 665 g/mol. The van der Waals surface area contributed by atoms with Crippen LogP contribution in [0.25, 0.3) is 0 Å². The molecule has 5 N–H and O–H groups in total. The molecule has 1 heterocycles. The van der Waals surface area contributed by atoms with E-state index in [1.807, 2.05) is 19.1 Å². The summed E-state index contributed by atoms with van der Waals surface area (Å²) < 4.78 is 21.9. The molecule has 0 unspecified atom stereocenters. The molecule has 2 aliphatic rings. The van der Waals surface area contributed by atoms with Crippen LogP contribution in [-0.2, 0) is 35.1 Å². The quantitative estimate of drug-likeness (QED) is 0.249. The molecule has 0 spiro atoms. The minimum Gasteiger partial charge on any atom is -0.497 e. The molecule has 0 aromatic heterocycles. The molecule has 6 atom stereocenters. The van der Waals surface area contributed by atoms with Crippen LogP contribution in [0.2, 0.25) is 0 Å². The first-order chi connectivity index (χ1) is 22.8. The van der Waals surface area contributed by atoms with Gasteiger partial charge in [0.1, 0.15) is 11.9 Å². The van der Waals surface area contributed by atoms with Gasteiger partial charge in [-0.2, -0.15) is 0 Å². The van der Waals surface area contributed by atoms with E-state index in [4.69, 9.17) is 24.7 Å². The standard InChI is InChI=1S/C36H47N3O9/c1-20-15-26-31(38-19-24-11-13-25(45-5)14-12-24)28(40)18-27(33(26)42)39-35(43)21(2)9-8-10-29(46-6)34(48-36(37)44)23(4)17-22(3)32(41)30(16-20)47-7/h8-14,17-18,20,22,29-30,32,34,38,41H,15-16,19H2,1-7H3,(H2,37,44)(H,39,43)/b10-8-,21-9+,23-17+/t20-,22+,29+,30+,32-,34+/m1/s1. The number of aliphatic hydroxyl groups excluding tert-OH is 1. The van der Waals surface area contributed by atoms with Crippen molar-refractivity contribution >= 4 is 23.6 Å². The second-order valence-electron chi connectivity index (χ2n) is 12.1. The number of fused-ring (bicyclic) bond motifs is 2. The second kappa shape index (κ2) is 17.6. The highest BCUT2D eigenvalue weighted by Gasteiger charge is 2.33. The molecule has 260 valence electrons. The van der Waals surface area contributed by atoms with Gasteiger partial charge in [0.15, 0.2) is 6.10 Å². The molecule has 12 heteroatoms. The maximum atomic E-state index is 13.9. The number of ether oxygens (including phenoxy) is 4. The Morgan fingerprint density at radius 1 is 1.06 bits per heavy atom. The Bertz CT molecular complexity index is 1510. The minimum absolute atomic E-state index is 0.140. The molecule has 0 fully saturated rings. The van der Waals surface area contributed by atoms with Gasteiger partial charge in [-0.25, -0.2) is 4.79 Å². The molecule has 12 nitrogen and oxygen atoms in total. The average Bonchev–Trinajstić information content (AvgIpc) is 3.05. The SMILES string of the molecule is COc1ccc(CNC2=C3C[C@@H](C)C[C@H](OC)[C@H](O)[C@@H](C)/C=C(\C)[C@H](OC(N)=O)[C@@H](OC)/C=C\C=C(/C)C(=O)NC(=CC2=O)C3=O)cc1. The molecule has 0 radical (unpaired) electrons. The fourth-order valence-corrected chi connectivity index (χ4v) is 5.71. The number of hydrogen-bond donors (Lipinski definition) is 4. The van der Waals surface area contributed by atoms with Crippen molar-refractivity contribution in [2.75, 3.05) is 21.3 Å². The van der Waals surface area contributed by atoms with Crippen LogP contribution >= 0.6 is 0 Å². The molecule has 1 aliphatic heterocycles. The van der Waals surface area contributed by atoms with Gasteiger partial charge in [-0.05, 0) is 55.9 Å². The van der Waals surface area contributed by atoms with Gasteiger partial charge in [0, 0.05) is 43.9 Å². The van der Waals surface area contributed by atoms with Gasteiger partial charge in [-0.1, -0.05) is 50.3 Å². The lowest BCUT2D eigenvalue weighted by atomic mass is 9.85. The maximum Gasteiger partial charge on any atom is 0.405 e. The third-order valence-electron chi connectivity index (χ3n) is 8.42. The lowest BCUT2D eigenvalue weighted by Gasteiger charge is -2.30. The summed E-state index contributed by atoms with van der Waals surface area (Å²) in [5.41, 5.74) is 7.29. The number of ketones is 2. The number of methoxy groups -OCH3 is 3. The first kappa shape index (κ1) is 37.9.